The third-order valence-corrected chi connectivity index (χ3v) is 2.60. The van der Waals surface area contributed by atoms with Gasteiger partial charge >= 0.3 is 143 Å². The molecule has 0 amide bonds. The van der Waals surface area contributed by atoms with E-state index < -0.39 is 0 Å². The first-order valence-electron chi connectivity index (χ1n) is 4.89. The van der Waals surface area contributed by atoms with Crippen molar-refractivity contribution < 1.29 is 39.1 Å². The van der Waals surface area contributed by atoms with Crippen LogP contribution in [-0.4, -0.2) is 23.5 Å². The van der Waals surface area contributed by atoms with Gasteiger partial charge in [0.2, 0.25) is 0 Å². The van der Waals surface area contributed by atoms with E-state index in [1.165, 1.54) is 0 Å². The summed E-state index contributed by atoms with van der Waals surface area (Å²) in [7, 11) is 3.89. The zero-order valence-electron chi connectivity index (χ0n) is 12.2. The molecule has 0 bridgehead atoms. The Balaban J connectivity index is -0.0000000923. The standard InChI is InChI=1S/C10H10N2.5CO.Cr/c1-12(2)8-10-6-4-3-5-9(10)7-11;5*1-2;/h3-6H,1-2H3;;;;;;. The average molecular weight is 350 g/mol. The molecule has 0 saturated carbocycles. The quantitative estimate of drug-likeness (QED) is 0.582. The number of rotatable bonds is 2. The number of nitrogens with zero attached hydrogens (tertiary/aromatic N) is 2. The van der Waals surface area contributed by atoms with E-state index in [2.05, 4.69) is 55.2 Å². The molecule has 0 aliphatic rings. The van der Waals surface area contributed by atoms with Crippen LogP contribution in [0.2, 0.25) is 0 Å². The van der Waals surface area contributed by atoms with Gasteiger partial charge in [0.1, 0.15) is 0 Å². The molecule has 0 unspecified atom stereocenters. The molecule has 0 aromatic heterocycles. The van der Waals surface area contributed by atoms with Crippen LogP contribution in [0.1, 0.15) is 11.1 Å². The number of hydrogen-bond donors (Lipinski definition) is 0. The van der Waals surface area contributed by atoms with E-state index in [9.17, 15) is 0 Å². The molecule has 1 aromatic carbocycles. The molecule has 0 fully saturated rings. The first-order chi connectivity index (χ1) is 11.2. The fraction of sp³-hybridized carbons (Fsp3) is 0.133. The van der Waals surface area contributed by atoms with Gasteiger partial charge in [0.25, 0.3) is 0 Å². The molecule has 0 heterocycles. The summed E-state index contributed by atoms with van der Waals surface area (Å²) in [5.74, 6) is 0. The van der Waals surface area contributed by atoms with E-state index in [-0.39, 0.29) is 0 Å². The van der Waals surface area contributed by atoms with Crippen LogP contribution in [0.3, 0.4) is 0 Å². The van der Waals surface area contributed by atoms with Gasteiger partial charge in [-0.3, -0.25) is 0 Å². The average Bonchev–Trinajstić information content (AvgIpc) is 2.69. The molecular weight excluding hydrogens is 340 g/mol. The molecule has 0 spiro atoms. The second kappa shape index (κ2) is 31.9. The van der Waals surface area contributed by atoms with E-state index in [1.54, 1.807) is 0 Å². The molecule has 1 aromatic rings. The Morgan fingerprint density at radius 3 is 1.57 bits per heavy atom. The van der Waals surface area contributed by atoms with Gasteiger partial charge in [0.15, 0.2) is 0 Å². The van der Waals surface area contributed by atoms with Gasteiger partial charge in [-0.1, -0.05) is 0 Å². The van der Waals surface area contributed by atoms with Crippen molar-refractivity contribution in [3.05, 3.63) is 68.6 Å². The van der Waals surface area contributed by atoms with Gasteiger partial charge in [0, 0.05) is 0 Å². The second-order valence-electron chi connectivity index (χ2n) is 2.86. The zero-order chi connectivity index (χ0) is 19.8. The van der Waals surface area contributed by atoms with Crippen LogP contribution in [0.15, 0.2) is 24.3 Å². The summed E-state index contributed by atoms with van der Waals surface area (Å²) in [5, 5.41) is 8.85. The minimum absolute atomic E-state index is 0.699. The molecule has 8 heteroatoms. The maximum atomic E-state index is 8.85. The van der Waals surface area contributed by atoms with Gasteiger partial charge in [-0.15, -0.1) is 0 Å². The Morgan fingerprint density at radius 1 is 0.913 bits per heavy atom. The van der Waals surface area contributed by atoms with Crippen molar-refractivity contribution in [2.45, 2.75) is 0 Å². The van der Waals surface area contributed by atoms with Gasteiger partial charge in [-0.2, -0.15) is 0 Å². The van der Waals surface area contributed by atoms with E-state index in [0.29, 0.717) is 5.56 Å². The number of hydrogen-bond acceptors (Lipinski definition) is 2. The molecular formula is C15H10CrN2O5. The molecule has 0 N–H and O–H groups in total. The monoisotopic (exact) mass is 350 g/mol. The fourth-order valence-electron chi connectivity index (χ4n) is 1.01. The number of benzene rings is 1. The Hall–Kier alpha value is -2.23. The topological polar surface area (TPSA) is 127 Å². The first kappa shape index (κ1) is 32.6. The van der Waals surface area contributed by atoms with E-state index in [0.717, 1.165) is 10.1 Å². The molecule has 0 atom stereocenters. The van der Waals surface area contributed by atoms with Crippen molar-refractivity contribution in [2.75, 3.05) is 14.1 Å². The summed E-state index contributed by atoms with van der Waals surface area (Å²) in [5.41, 5.74) is 1.65. The molecule has 0 saturated heterocycles. The summed E-state index contributed by atoms with van der Waals surface area (Å²) in [6.07, 6.45) is 0. The van der Waals surface area contributed by atoms with Crippen molar-refractivity contribution in [3.63, 3.8) is 0 Å². The molecule has 116 valence electrons. The predicted molar refractivity (Wildman–Crippen MR) is 68.6 cm³/mol. The summed E-state index contributed by atoms with van der Waals surface area (Å²) >= 11 is 2.96. The third-order valence-electron chi connectivity index (χ3n) is 1.68. The van der Waals surface area contributed by atoms with Crippen LogP contribution in [0.4, 0.5) is 0 Å². The summed E-state index contributed by atoms with van der Waals surface area (Å²) in [6.45, 7) is 22.5. The van der Waals surface area contributed by atoms with Gasteiger partial charge in [-0.05, 0) is 0 Å². The zero-order valence-corrected chi connectivity index (χ0v) is 13.4. The SMILES string of the molecule is CN(C)[C](=[Cr])c1ccccc1C#N.[C-]#[O+].[C-]#[O+].[C-]#[O+].[C-]#[O+].[C-]#[O+]. The predicted octanol–water partition coefficient (Wildman–Crippen LogP) is 0.957. The minimum atomic E-state index is 0.699. The van der Waals surface area contributed by atoms with Crippen LogP contribution >= 0.6 is 0 Å². The van der Waals surface area contributed by atoms with Crippen molar-refractivity contribution in [1.82, 2.24) is 4.90 Å². The molecule has 1 rings (SSSR count). The van der Waals surface area contributed by atoms with Crippen LogP contribution in [-0.2, 0) is 39.1 Å². The van der Waals surface area contributed by atoms with Gasteiger partial charge in [-0.25, -0.2) is 0 Å². The number of nitriles is 1. The normalized spacial score (nSPS) is 5.91. The summed E-state index contributed by atoms with van der Waals surface area (Å²) in [6, 6.07) is 9.71. The fourth-order valence-corrected chi connectivity index (χ4v) is 1.29. The summed E-state index contributed by atoms with van der Waals surface area (Å²) < 4.78 is 38.5. The van der Waals surface area contributed by atoms with Gasteiger partial charge in [0.05, 0.1) is 0 Å². The Bertz CT molecular complexity index is 531. The molecule has 7 nitrogen and oxygen atoms in total. The second-order valence-corrected chi connectivity index (χ2v) is 3.46. The van der Waals surface area contributed by atoms with E-state index >= 15 is 0 Å². The van der Waals surface area contributed by atoms with Crippen LogP contribution in [0.5, 0.6) is 0 Å². The van der Waals surface area contributed by atoms with Gasteiger partial charge < -0.3 is 0 Å². The molecule has 23 heavy (non-hydrogen) atoms. The Labute approximate surface area is 143 Å². The molecule has 0 radical (unpaired) electrons. The third kappa shape index (κ3) is 17.7. The molecule has 0 aliphatic carbocycles. The van der Waals surface area contributed by atoms with Crippen molar-refractivity contribution in [2.24, 2.45) is 0 Å². The van der Waals surface area contributed by atoms with E-state index in [1.807, 2.05) is 43.3 Å². The Kier molecular flexibility index (Phi) is 45.3. The van der Waals surface area contributed by atoms with Crippen molar-refractivity contribution in [1.29, 1.82) is 5.26 Å². The molecule has 0 aliphatic heterocycles. The first-order valence-corrected chi connectivity index (χ1v) is 5.53. The summed E-state index contributed by atoms with van der Waals surface area (Å²) in [4.78, 5) is 1.95. The van der Waals surface area contributed by atoms with E-state index in [4.69, 9.17) is 28.5 Å². The maximum absolute atomic E-state index is 8.85. The van der Waals surface area contributed by atoms with Crippen molar-refractivity contribution >= 4 is 4.50 Å². The van der Waals surface area contributed by atoms with Crippen LogP contribution < -0.4 is 0 Å². The Morgan fingerprint density at radius 2 is 1.26 bits per heavy atom. The van der Waals surface area contributed by atoms with Crippen LogP contribution in [0.25, 0.3) is 0 Å². The van der Waals surface area contributed by atoms with Crippen molar-refractivity contribution in [3.8, 4) is 6.07 Å². The van der Waals surface area contributed by atoms with Crippen LogP contribution in [0, 0.1) is 44.6 Å².